The highest BCUT2D eigenvalue weighted by Crippen LogP contribution is 2.18. The summed E-state index contributed by atoms with van der Waals surface area (Å²) in [5.74, 6) is -0.261. The molecule has 96 valence electrons. The Hall–Kier alpha value is -1.55. The van der Waals surface area contributed by atoms with Crippen LogP contribution in [0.3, 0.4) is 0 Å². The van der Waals surface area contributed by atoms with Crippen molar-refractivity contribution in [3.05, 3.63) is 34.3 Å². The molecular formula is C14H18N2O2. The number of oxazole rings is 1. The van der Waals surface area contributed by atoms with Crippen LogP contribution in [-0.2, 0) is 13.0 Å². The van der Waals surface area contributed by atoms with Crippen molar-refractivity contribution in [3.8, 4) is 0 Å². The van der Waals surface area contributed by atoms with Gasteiger partial charge in [0.1, 0.15) is 0 Å². The quantitative estimate of drug-likeness (QED) is 0.900. The van der Waals surface area contributed by atoms with Gasteiger partial charge in [0.25, 0.3) is 0 Å². The van der Waals surface area contributed by atoms with Gasteiger partial charge in [0.2, 0.25) is 0 Å². The Morgan fingerprint density at radius 2 is 2.39 bits per heavy atom. The fraction of sp³-hybridized carbons (Fsp3) is 0.500. The number of nitrogens with one attached hydrogen (secondary N) is 1. The van der Waals surface area contributed by atoms with Gasteiger partial charge in [-0.05, 0) is 50.4 Å². The van der Waals surface area contributed by atoms with Crippen LogP contribution in [0.15, 0.2) is 27.4 Å². The molecule has 1 unspecified atom stereocenters. The fourth-order valence-electron chi connectivity index (χ4n) is 2.75. The van der Waals surface area contributed by atoms with Crippen LogP contribution in [0.5, 0.6) is 0 Å². The van der Waals surface area contributed by atoms with Gasteiger partial charge in [-0.3, -0.25) is 4.57 Å². The number of benzene rings is 1. The van der Waals surface area contributed by atoms with E-state index in [1.165, 1.54) is 18.4 Å². The van der Waals surface area contributed by atoms with Gasteiger partial charge in [-0.25, -0.2) is 4.79 Å². The van der Waals surface area contributed by atoms with Crippen LogP contribution in [0, 0.1) is 0 Å². The second-order valence-electron chi connectivity index (χ2n) is 4.91. The first-order chi connectivity index (χ1) is 8.78. The molecule has 1 aliphatic rings. The Balaban J connectivity index is 1.93. The van der Waals surface area contributed by atoms with Gasteiger partial charge in [-0.1, -0.05) is 6.07 Å². The number of fused-ring (bicyclic) bond motifs is 1. The standard InChI is InChI=1S/C14H18N2O2/c1-2-16-12-6-5-10(8-11-4-3-7-15-11)9-13(12)18-14(16)17/h5-6,9,11,15H,2-4,7-8H2,1H3. The Labute approximate surface area is 106 Å². The molecule has 0 bridgehead atoms. The molecule has 0 radical (unpaired) electrons. The van der Waals surface area contributed by atoms with E-state index in [9.17, 15) is 4.79 Å². The summed E-state index contributed by atoms with van der Waals surface area (Å²) in [5, 5.41) is 3.48. The maximum atomic E-state index is 11.6. The van der Waals surface area contributed by atoms with Gasteiger partial charge in [0.05, 0.1) is 5.52 Å². The Kier molecular flexibility index (Phi) is 2.96. The van der Waals surface area contributed by atoms with Crippen molar-refractivity contribution in [2.24, 2.45) is 0 Å². The van der Waals surface area contributed by atoms with E-state index in [4.69, 9.17) is 4.42 Å². The first-order valence-corrected chi connectivity index (χ1v) is 6.63. The van der Waals surface area contributed by atoms with E-state index < -0.39 is 0 Å². The van der Waals surface area contributed by atoms with Gasteiger partial charge in [0, 0.05) is 12.6 Å². The molecular weight excluding hydrogens is 228 g/mol. The van der Waals surface area contributed by atoms with Crippen molar-refractivity contribution in [1.29, 1.82) is 0 Å². The predicted molar refractivity (Wildman–Crippen MR) is 70.9 cm³/mol. The highest BCUT2D eigenvalue weighted by Gasteiger charge is 2.15. The second kappa shape index (κ2) is 4.61. The van der Waals surface area contributed by atoms with Crippen molar-refractivity contribution < 1.29 is 4.42 Å². The molecule has 4 nitrogen and oxygen atoms in total. The zero-order valence-electron chi connectivity index (χ0n) is 10.6. The lowest BCUT2D eigenvalue weighted by molar-refractivity contribution is 0.512. The summed E-state index contributed by atoms with van der Waals surface area (Å²) < 4.78 is 6.94. The molecule has 1 aromatic heterocycles. The molecule has 2 heterocycles. The molecule has 1 N–H and O–H groups in total. The smallest absolute Gasteiger partial charge is 0.408 e. The maximum absolute atomic E-state index is 11.6. The largest absolute Gasteiger partial charge is 0.419 e. The van der Waals surface area contributed by atoms with Gasteiger partial charge >= 0.3 is 5.76 Å². The summed E-state index contributed by atoms with van der Waals surface area (Å²) >= 11 is 0. The third-order valence-corrected chi connectivity index (χ3v) is 3.69. The summed E-state index contributed by atoms with van der Waals surface area (Å²) in [5.41, 5.74) is 2.84. The van der Waals surface area contributed by atoms with E-state index in [0.29, 0.717) is 18.2 Å². The molecule has 3 rings (SSSR count). The van der Waals surface area contributed by atoms with Crippen LogP contribution < -0.4 is 11.1 Å². The maximum Gasteiger partial charge on any atom is 0.419 e. The van der Waals surface area contributed by atoms with Crippen LogP contribution in [0.4, 0.5) is 0 Å². The zero-order chi connectivity index (χ0) is 12.5. The average Bonchev–Trinajstić information content (AvgIpc) is 2.95. The van der Waals surface area contributed by atoms with Crippen LogP contribution >= 0.6 is 0 Å². The van der Waals surface area contributed by atoms with E-state index in [-0.39, 0.29) is 5.76 Å². The molecule has 1 aliphatic heterocycles. The van der Waals surface area contributed by atoms with Crippen molar-refractivity contribution in [1.82, 2.24) is 9.88 Å². The zero-order valence-corrected chi connectivity index (χ0v) is 10.6. The lowest BCUT2D eigenvalue weighted by Crippen LogP contribution is -2.23. The van der Waals surface area contributed by atoms with E-state index in [2.05, 4.69) is 11.4 Å². The number of hydrogen-bond acceptors (Lipinski definition) is 3. The van der Waals surface area contributed by atoms with E-state index in [0.717, 1.165) is 18.5 Å². The van der Waals surface area contributed by atoms with Crippen LogP contribution in [0.2, 0.25) is 0 Å². The molecule has 1 aromatic carbocycles. The van der Waals surface area contributed by atoms with E-state index in [1.807, 2.05) is 19.1 Å². The second-order valence-corrected chi connectivity index (χ2v) is 4.91. The molecule has 1 saturated heterocycles. The minimum atomic E-state index is -0.261. The molecule has 1 fully saturated rings. The normalized spacial score (nSPS) is 19.7. The van der Waals surface area contributed by atoms with Gasteiger partial charge < -0.3 is 9.73 Å². The number of nitrogens with zero attached hydrogens (tertiary/aromatic N) is 1. The van der Waals surface area contributed by atoms with Gasteiger partial charge in [-0.15, -0.1) is 0 Å². The topological polar surface area (TPSA) is 47.2 Å². The molecule has 1 atom stereocenters. The molecule has 0 aliphatic carbocycles. The first-order valence-electron chi connectivity index (χ1n) is 6.63. The predicted octanol–water partition coefficient (Wildman–Crippen LogP) is 1.91. The molecule has 0 spiro atoms. The first kappa shape index (κ1) is 11.5. The Morgan fingerprint density at radius 1 is 1.50 bits per heavy atom. The highest BCUT2D eigenvalue weighted by molar-refractivity contribution is 5.73. The third-order valence-electron chi connectivity index (χ3n) is 3.69. The lowest BCUT2D eigenvalue weighted by Gasteiger charge is -2.09. The monoisotopic (exact) mass is 246 g/mol. The summed E-state index contributed by atoms with van der Waals surface area (Å²) in [6.07, 6.45) is 3.50. The van der Waals surface area contributed by atoms with Crippen LogP contribution in [-0.4, -0.2) is 17.2 Å². The van der Waals surface area contributed by atoms with E-state index >= 15 is 0 Å². The average molecular weight is 246 g/mol. The van der Waals surface area contributed by atoms with Gasteiger partial charge in [-0.2, -0.15) is 0 Å². The van der Waals surface area contributed by atoms with Gasteiger partial charge in [0.15, 0.2) is 5.58 Å². The SMILES string of the molecule is CCn1c(=O)oc2cc(CC3CCCN3)ccc21. The van der Waals surface area contributed by atoms with E-state index in [1.54, 1.807) is 4.57 Å². The van der Waals surface area contributed by atoms with Crippen molar-refractivity contribution in [3.63, 3.8) is 0 Å². The van der Waals surface area contributed by atoms with Crippen LogP contribution in [0.1, 0.15) is 25.3 Å². The van der Waals surface area contributed by atoms with Crippen molar-refractivity contribution in [2.75, 3.05) is 6.54 Å². The number of aryl methyl sites for hydroxylation is 1. The molecule has 0 amide bonds. The highest BCUT2D eigenvalue weighted by atomic mass is 16.4. The minimum Gasteiger partial charge on any atom is -0.408 e. The number of aromatic nitrogens is 1. The third kappa shape index (κ3) is 1.97. The molecule has 0 saturated carbocycles. The Morgan fingerprint density at radius 3 is 3.11 bits per heavy atom. The minimum absolute atomic E-state index is 0.261. The lowest BCUT2D eigenvalue weighted by atomic mass is 10.0. The fourth-order valence-corrected chi connectivity index (χ4v) is 2.75. The summed E-state index contributed by atoms with van der Waals surface area (Å²) in [6, 6.07) is 6.67. The summed E-state index contributed by atoms with van der Waals surface area (Å²) in [7, 11) is 0. The van der Waals surface area contributed by atoms with Crippen molar-refractivity contribution in [2.45, 2.75) is 38.8 Å². The summed E-state index contributed by atoms with van der Waals surface area (Å²) in [6.45, 7) is 3.72. The Bertz CT molecular complexity index is 606. The summed E-state index contributed by atoms with van der Waals surface area (Å²) in [4.78, 5) is 11.6. The number of hydrogen-bond donors (Lipinski definition) is 1. The van der Waals surface area contributed by atoms with Crippen LogP contribution in [0.25, 0.3) is 11.1 Å². The number of rotatable bonds is 3. The van der Waals surface area contributed by atoms with Crippen molar-refractivity contribution >= 4 is 11.1 Å². The molecule has 4 heteroatoms. The molecule has 18 heavy (non-hydrogen) atoms. The molecule has 2 aromatic rings.